The number of thiophene rings is 1. The Morgan fingerprint density at radius 1 is 0.839 bits per heavy atom. The van der Waals surface area contributed by atoms with Crippen molar-refractivity contribution < 1.29 is 14.3 Å². The van der Waals surface area contributed by atoms with Crippen LogP contribution in [-0.2, 0) is 4.74 Å². The second-order valence-corrected chi connectivity index (χ2v) is 8.07. The minimum Gasteiger partial charge on any atom is -0.465 e. The molecule has 0 fully saturated rings. The summed E-state index contributed by atoms with van der Waals surface area (Å²) in [5.74, 6) is -0.810. The third-order valence-corrected chi connectivity index (χ3v) is 5.96. The standard InChI is InChI=1S/C25H18ClNO3S/c1-30-25(29)22-21(18-11-13-20(26)14-12-18)15-31-24(22)27-23(28)19-9-7-17(8-10-19)16-5-3-2-4-6-16/h2-15H,1H3,(H,27,28). The van der Waals surface area contributed by atoms with Crippen molar-refractivity contribution in [3.05, 3.63) is 100 Å². The van der Waals surface area contributed by atoms with Crippen LogP contribution in [0.25, 0.3) is 22.3 Å². The number of benzene rings is 3. The summed E-state index contributed by atoms with van der Waals surface area (Å²) in [5.41, 5.74) is 4.42. The first-order chi connectivity index (χ1) is 15.1. The molecule has 0 aliphatic carbocycles. The molecule has 0 bridgehead atoms. The molecule has 4 aromatic rings. The Morgan fingerprint density at radius 2 is 1.45 bits per heavy atom. The molecule has 0 saturated carbocycles. The van der Waals surface area contributed by atoms with Crippen molar-refractivity contribution in [1.29, 1.82) is 0 Å². The van der Waals surface area contributed by atoms with E-state index in [2.05, 4.69) is 5.32 Å². The first kappa shape index (κ1) is 20.8. The Hall–Kier alpha value is -3.41. The molecule has 4 nitrogen and oxygen atoms in total. The number of anilines is 1. The minimum absolute atomic E-state index is 0.297. The van der Waals surface area contributed by atoms with Gasteiger partial charge in [-0.2, -0.15) is 0 Å². The van der Waals surface area contributed by atoms with E-state index in [0.717, 1.165) is 16.7 Å². The predicted molar refractivity (Wildman–Crippen MR) is 126 cm³/mol. The van der Waals surface area contributed by atoms with E-state index in [1.807, 2.05) is 60.0 Å². The molecule has 1 aromatic heterocycles. The van der Waals surface area contributed by atoms with Crippen molar-refractivity contribution in [2.75, 3.05) is 12.4 Å². The Kier molecular flexibility index (Phi) is 6.16. The molecule has 6 heteroatoms. The number of halogens is 1. The SMILES string of the molecule is COC(=O)c1c(-c2ccc(Cl)cc2)csc1NC(=O)c1ccc(-c2ccccc2)cc1. The van der Waals surface area contributed by atoms with Crippen molar-refractivity contribution in [3.63, 3.8) is 0 Å². The summed E-state index contributed by atoms with van der Waals surface area (Å²) in [6.07, 6.45) is 0. The molecule has 1 N–H and O–H groups in total. The van der Waals surface area contributed by atoms with E-state index in [1.165, 1.54) is 18.4 Å². The molecule has 0 aliphatic heterocycles. The molecule has 3 aromatic carbocycles. The fraction of sp³-hybridized carbons (Fsp3) is 0.0400. The van der Waals surface area contributed by atoms with Gasteiger partial charge in [0.1, 0.15) is 10.6 Å². The van der Waals surface area contributed by atoms with Gasteiger partial charge in [-0.05, 0) is 41.0 Å². The number of esters is 1. The van der Waals surface area contributed by atoms with Gasteiger partial charge in [-0.15, -0.1) is 11.3 Å². The summed E-state index contributed by atoms with van der Waals surface area (Å²) in [6, 6.07) is 24.4. The second kappa shape index (κ2) is 9.16. The van der Waals surface area contributed by atoms with Gasteiger partial charge < -0.3 is 10.1 Å². The predicted octanol–water partition coefficient (Wildman–Crippen LogP) is 6.77. The molecule has 0 radical (unpaired) electrons. The van der Waals surface area contributed by atoms with E-state index in [1.54, 1.807) is 24.3 Å². The van der Waals surface area contributed by atoms with Gasteiger partial charge in [0.2, 0.25) is 0 Å². The summed E-state index contributed by atoms with van der Waals surface area (Å²) in [7, 11) is 1.32. The summed E-state index contributed by atoms with van der Waals surface area (Å²) >= 11 is 7.25. The van der Waals surface area contributed by atoms with Gasteiger partial charge in [-0.3, -0.25) is 4.79 Å². The van der Waals surface area contributed by atoms with Crippen LogP contribution in [-0.4, -0.2) is 19.0 Å². The highest BCUT2D eigenvalue weighted by Crippen LogP contribution is 2.37. The lowest BCUT2D eigenvalue weighted by Crippen LogP contribution is -2.14. The molecule has 0 aliphatic rings. The van der Waals surface area contributed by atoms with Crippen LogP contribution in [0.3, 0.4) is 0 Å². The smallest absolute Gasteiger partial charge is 0.341 e. The van der Waals surface area contributed by atoms with Gasteiger partial charge in [0.15, 0.2) is 0 Å². The van der Waals surface area contributed by atoms with E-state index < -0.39 is 5.97 Å². The van der Waals surface area contributed by atoms with Crippen LogP contribution in [0.2, 0.25) is 5.02 Å². The molecule has 0 atom stereocenters. The highest BCUT2D eigenvalue weighted by atomic mass is 35.5. The Balaban J connectivity index is 1.61. The fourth-order valence-corrected chi connectivity index (χ4v) is 4.29. The number of carbonyl (C=O) groups excluding carboxylic acids is 2. The van der Waals surface area contributed by atoms with Crippen LogP contribution in [0.5, 0.6) is 0 Å². The third-order valence-electron chi connectivity index (χ3n) is 4.82. The average Bonchev–Trinajstić information content (AvgIpc) is 3.23. The lowest BCUT2D eigenvalue weighted by Gasteiger charge is -2.09. The van der Waals surface area contributed by atoms with Gasteiger partial charge in [0, 0.05) is 21.5 Å². The molecular weight excluding hydrogens is 430 g/mol. The zero-order valence-corrected chi connectivity index (χ0v) is 18.2. The second-order valence-electron chi connectivity index (χ2n) is 6.75. The Bertz CT molecular complexity index is 1220. The number of rotatable bonds is 5. The fourth-order valence-electron chi connectivity index (χ4n) is 3.22. The monoisotopic (exact) mass is 447 g/mol. The molecule has 154 valence electrons. The maximum atomic E-state index is 12.8. The third kappa shape index (κ3) is 4.53. The van der Waals surface area contributed by atoms with Crippen LogP contribution in [0.15, 0.2) is 84.2 Å². The molecular formula is C25H18ClNO3S. The maximum absolute atomic E-state index is 12.8. The number of carbonyl (C=O) groups is 2. The van der Waals surface area contributed by atoms with E-state index in [9.17, 15) is 9.59 Å². The van der Waals surface area contributed by atoms with Crippen molar-refractivity contribution in [2.24, 2.45) is 0 Å². The van der Waals surface area contributed by atoms with Crippen LogP contribution in [0.4, 0.5) is 5.00 Å². The van der Waals surface area contributed by atoms with Crippen molar-refractivity contribution in [3.8, 4) is 22.3 Å². The quantitative estimate of drug-likeness (QED) is 0.343. The summed E-state index contributed by atoms with van der Waals surface area (Å²) < 4.78 is 4.96. The van der Waals surface area contributed by atoms with E-state index >= 15 is 0 Å². The number of hydrogen-bond donors (Lipinski definition) is 1. The molecule has 1 amide bonds. The number of nitrogens with one attached hydrogen (secondary N) is 1. The molecule has 0 unspecified atom stereocenters. The van der Waals surface area contributed by atoms with Crippen molar-refractivity contribution in [2.45, 2.75) is 0 Å². The van der Waals surface area contributed by atoms with Gasteiger partial charge >= 0.3 is 5.97 Å². The van der Waals surface area contributed by atoms with E-state index in [4.69, 9.17) is 16.3 Å². The van der Waals surface area contributed by atoms with Gasteiger partial charge in [0.05, 0.1) is 7.11 Å². The lowest BCUT2D eigenvalue weighted by atomic mass is 10.0. The highest BCUT2D eigenvalue weighted by molar-refractivity contribution is 7.15. The van der Waals surface area contributed by atoms with E-state index in [-0.39, 0.29) is 5.91 Å². The number of hydrogen-bond acceptors (Lipinski definition) is 4. The molecule has 4 rings (SSSR count). The highest BCUT2D eigenvalue weighted by Gasteiger charge is 2.22. The topological polar surface area (TPSA) is 55.4 Å². The van der Waals surface area contributed by atoms with Crippen LogP contribution >= 0.6 is 22.9 Å². The Labute approximate surface area is 189 Å². The lowest BCUT2D eigenvalue weighted by molar-refractivity contribution is 0.0603. The molecule has 31 heavy (non-hydrogen) atoms. The van der Waals surface area contributed by atoms with Crippen molar-refractivity contribution >= 4 is 39.8 Å². The first-order valence-electron chi connectivity index (χ1n) is 9.49. The van der Waals surface area contributed by atoms with Crippen LogP contribution in [0, 0.1) is 0 Å². The Morgan fingerprint density at radius 3 is 2.10 bits per heavy atom. The molecule has 1 heterocycles. The molecule has 0 spiro atoms. The summed E-state index contributed by atoms with van der Waals surface area (Å²) in [6.45, 7) is 0. The van der Waals surface area contributed by atoms with Gasteiger partial charge in [-0.1, -0.05) is 66.2 Å². The van der Waals surface area contributed by atoms with Crippen molar-refractivity contribution in [1.82, 2.24) is 0 Å². The zero-order chi connectivity index (χ0) is 21.8. The first-order valence-corrected chi connectivity index (χ1v) is 10.7. The maximum Gasteiger partial charge on any atom is 0.341 e. The van der Waals surface area contributed by atoms with Gasteiger partial charge in [-0.25, -0.2) is 4.79 Å². The zero-order valence-electron chi connectivity index (χ0n) is 16.6. The van der Waals surface area contributed by atoms with E-state index in [0.29, 0.717) is 26.7 Å². The summed E-state index contributed by atoms with van der Waals surface area (Å²) in [4.78, 5) is 25.3. The number of ether oxygens (including phenoxy) is 1. The van der Waals surface area contributed by atoms with Gasteiger partial charge in [0.25, 0.3) is 5.91 Å². The number of amides is 1. The largest absolute Gasteiger partial charge is 0.465 e. The normalized spacial score (nSPS) is 10.5. The van der Waals surface area contributed by atoms with Crippen LogP contribution < -0.4 is 5.32 Å². The van der Waals surface area contributed by atoms with Crippen LogP contribution in [0.1, 0.15) is 20.7 Å². The molecule has 0 saturated heterocycles. The minimum atomic E-state index is -0.513. The number of methoxy groups -OCH3 is 1. The summed E-state index contributed by atoms with van der Waals surface area (Å²) in [5, 5.41) is 5.72. The average molecular weight is 448 g/mol.